The van der Waals surface area contributed by atoms with Gasteiger partial charge >= 0.3 is 5.91 Å². The first kappa shape index (κ1) is 21.4. The van der Waals surface area contributed by atoms with Gasteiger partial charge in [-0.25, -0.2) is 0 Å². The zero-order chi connectivity index (χ0) is 22.0. The van der Waals surface area contributed by atoms with E-state index in [4.69, 9.17) is 34.8 Å². The van der Waals surface area contributed by atoms with Crippen molar-refractivity contribution in [1.29, 1.82) is 0 Å². The summed E-state index contributed by atoms with van der Waals surface area (Å²) in [5, 5.41) is 4.47. The first-order valence-electron chi connectivity index (χ1n) is 9.42. The van der Waals surface area contributed by atoms with E-state index in [9.17, 15) is 9.59 Å². The van der Waals surface area contributed by atoms with Crippen LogP contribution < -0.4 is 10.7 Å². The van der Waals surface area contributed by atoms with E-state index in [1.54, 1.807) is 53.4 Å². The van der Waals surface area contributed by atoms with Crippen LogP contribution in [0.1, 0.15) is 27.5 Å². The van der Waals surface area contributed by atoms with Crippen LogP contribution in [0.15, 0.2) is 72.8 Å². The quantitative estimate of drug-likeness (QED) is 0.541. The largest absolute Gasteiger partial charge is 0.334 e. The zero-order valence-corrected chi connectivity index (χ0v) is 18.3. The van der Waals surface area contributed by atoms with Gasteiger partial charge in [0.05, 0.1) is 10.6 Å². The number of amides is 2. The summed E-state index contributed by atoms with van der Waals surface area (Å²) in [6, 6.07) is 19.5. The minimum atomic E-state index is -0.844. The fraction of sp³-hybridized carbons (Fsp3) is 0.0870. The Labute approximate surface area is 194 Å². The van der Waals surface area contributed by atoms with E-state index in [0.29, 0.717) is 20.6 Å². The number of benzene rings is 3. The van der Waals surface area contributed by atoms with Crippen molar-refractivity contribution in [3.8, 4) is 0 Å². The van der Waals surface area contributed by atoms with Gasteiger partial charge in [-0.1, -0.05) is 59.1 Å². The molecule has 0 bridgehead atoms. The molecule has 3 aromatic carbocycles. The molecule has 8 heteroatoms. The van der Waals surface area contributed by atoms with Gasteiger partial charge in [0.25, 0.3) is 5.91 Å². The summed E-state index contributed by atoms with van der Waals surface area (Å²) >= 11 is 18.3. The molecule has 0 spiro atoms. The minimum Gasteiger partial charge on any atom is -0.334 e. The number of carbonyl (C=O) groups is 2. The highest BCUT2D eigenvalue weighted by Crippen LogP contribution is 2.27. The molecular formula is C23H17Cl3N3O2+. The van der Waals surface area contributed by atoms with E-state index >= 15 is 0 Å². The molecule has 2 atom stereocenters. The van der Waals surface area contributed by atoms with Crippen molar-refractivity contribution in [2.75, 3.05) is 0 Å². The summed E-state index contributed by atoms with van der Waals surface area (Å²) in [6.07, 6.45) is 1.74. The lowest BCUT2D eigenvalue weighted by molar-refractivity contribution is -0.596. The summed E-state index contributed by atoms with van der Waals surface area (Å²) in [6.45, 7) is 0. The molecule has 0 unspecified atom stereocenters. The third-order valence-corrected chi connectivity index (χ3v) is 5.77. The number of hydrogen-bond donors (Lipinski definition) is 2. The Bertz CT molecular complexity index is 1160. The highest BCUT2D eigenvalue weighted by molar-refractivity contribution is 6.33. The van der Waals surface area contributed by atoms with Crippen molar-refractivity contribution >= 4 is 52.8 Å². The van der Waals surface area contributed by atoms with Crippen molar-refractivity contribution in [3.05, 3.63) is 105 Å². The molecule has 3 aromatic rings. The van der Waals surface area contributed by atoms with Gasteiger partial charge in [0.2, 0.25) is 12.3 Å². The van der Waals surface area contributed by atoms with E-state index < -0.39 is 12.1 Å². The summed E-state index contributed by atoms with van der Waals surface area (Å²) in [7, 11) is 0. The number of nitrogens with zero attached hydrogens (tertiary/aromatic N) is 1. The lowest BCUT2D eigenvalue weighted by atomic mass is 10.00. The third-order valence-electron chi connectivity index (χ3n) is 4.93. The van der Waals surface area contributed by atoms with Crippen LogP contribution >= 0.6 is 34.8 Å². The van der Waals surface area contributed by atoms with Gasteiger partial charge in [-0.05, 0) is 48.5 Å². The van der Waals surface area contributed by atoms with Gasteiger partial charge in [0.1, 0.15) is 0 Å². The topological polar surface area (TPSA) is 61.2 Å². The minimum absolute atomic E-state index is 0.342. The number of halogens is 3. The zero-order valence-electron chi connectivity index (χ0n) is 16.1. The number of hydrogen-bond acceptors (Lipinski definition) is 2. The molecule has 2 N–H and O–H groups in total. The van der Waals surface area contributed by atoms with Crippen LogP contribution in [0.2, 0.25) is 15.1 Å². The van der Waals surface area contributed by atoms with E-state index in [1.807, 2.05) is 30.3 Å². The molecule has 0 radical (unpaired) electrons. The maximum absolute atomic E-state index is 12.9. The van der Waals surface area contributed by atoms with Crippen LogP contribution in [0.25, 0.3) is 0 Å². The smallest absolute Gasteiger partial charge is 0.304 e. The standard InChI is InChI=1S/C23H16Cl3N3O2/c24-17-9-5-14(6-10-17)21-20(27-22(30)15-7-11-18(25)12-8-15)23(31)28-29(21)13-16-3-1-2-4-19(16)26/h1-13,20-21H,(H-,27,28,30,31)/p+1/b29-13-/t20-,21+/m0/s1. The Balaban J connectivity index is 1.71. The summed E-state index contributed by atoms with van der Waals surface area (Å²) in [5.41, 5.74) is 4.75. The molecule has 1 heterocycles. The molecule has 5 nitrogen and oxygen atoms in total. The van der Waals surface area contributed by atoms with Crippen molar-refractivity contribution in [1.82, 2.24) is 10.7 Å². The average Bonchev–Trinajstić information content (AvgIpc) is 3.05. The fourth-order valence-corrected chi connectivity index (χ4v) is 3.83. The second kappa shape index (κ2) is 9.10. The first-order valence-corrected chi connectivity index (χ1v) is 10.6. The van der Waals surface area contributed by atoms with Crippen LogP contribution in [0.5, 0.6) is 0 Å². The molecule has 0 aromatic heterocycles. The van der Waals surface area contributed by atoms with E-state index in [0.717, 1.165) is 11.1 Å². The Morgan fingerprint density at radius 1 is 0.903 bits per heavy atom. The van der Waals surface area contributed by atoms with Crippen LogP contribution in [0.4, 0.5) is 0 Å². The molecule has 156 valence electrons. The van der Waals surface area contributed by atoms with Gasteiger partial charge < -0.3 is 5.32 Å². The van der Waals surface area contributed by atoms with Crippen LogP contribution in [0, 0.1) is 0 Å². The van der Waals surface area contributed by atoms with Crippen molar-refractivity contribution < 1.29 is 14.3 Å². The monoisotopic (exact) mass is 472 g/mol. The molecule has 2 amide bonds. The summed E-state index contributed by atoms with van der Waals surface area (Å²) in [5.74, 6) is -0.721. The highest BCUT2D eigenvalue weighted by Gasteiger charge is 2.47. The Kier molecular flexibility index (Phi) is 6.28. The lowest BCUT2D eigenvalue weighted by Gasteiger charge is -2.15. The van der Waals surface area contributed by atoms with Gasteiger partial charge in [0.15, 0.2) is 6.04 Å². The lowest BCUT2D eigenvalue weighted by Crippen LogP contribution is -2.42. The maximum atomic E-state index is 12.9. The Morgan fingerprint density at radius 3 is 2.16 bits per heavy atom. The highest BCUT2D eigenvalue weighted by atomic mass is 35.5. The van der Waals surface area contributed by atoms with Crippen LogP contribution in [0.3, 0.4) is 0 Å². The van der Waals surface area contributed by atoms with Gasteiger partial charge in [-0.2, -0.15) is 0 Å². The second-order valence-electron chi connectivity index (χ2n) is 6.99. The first-order chi connectivity index (χ1) is 14.9. The predicted molar refractivity (Wildman–Crippen MR) is 122 cm³/mol. The van der Waals surface area contributed by atoms with Gasteiger partial charge in [-0.15, -0.1) is 10.1 Å². The number of hydrazine groups is 1. The van der Waals surface area contributed by atoms with E-state index in [1.165, 1.54) is 0 Å². The molecular weight excluding hydrogens is 457 g/mol. The number of rotatable bonds is 4. The SMILES string of the molecule is O=C(N[C@@H]1C(=O)N/[N+](=C\c2ccccc2Cl)[C@@H]1c1ccc(Cl)cc1)c1ccc(Cl)cc1. The molecule has 31 heavy (non-hydrogen) atoms. The molecule has 1 aliphatic heterocycles. The van der Waals surface area contributed by atoms with Crippen molar-refractivity contribution in [2.24, 2.45) is 0 Å². The maximum Gasteiger partial charge on any atom is 0.304 e. The Morgan fingerprint density at radius 2 is 1.52 bits per heavy atom. The van der Waals surface area contributed by atoms with Gasteiger partial charge in [-0.3, -0.25) is 9.59 Å². The molecule has 1 aliphatic rings. The van der Waals surface area contributed by atoms with Crippen molar-refractivity contribution in [2.45, 2.75) is 12.1 Å². The van der Waals surface area contributed by atoms with E-state index in [2.05, 4.69) is 10.7 Å². The van der Waals surface area contributed by atoms with E-state index in [-0.39, 0.29) is 11.8 Å². The van der Waals surface area contributed by atoms with Gasteiger partial charge in [0, 0.05) is 21.2 Å². The predicted octanol–water partition coefficient (Wildman–Crippen LogP) is 4.66. The summed E-state index contributed by atoms with van der Waals surface area (Å²) < 4.78 is 1.65. The van der Waals surface area contributed by atoms with Crippen LogP contribution in [-0.2, 0) is 4.79 Å². The summed E-state index contributed by atoms with van der Waals surface area (Å²) in [4.78, 5) is 25.7. The average molecular weight is 474 g/mol. The third kappa shape index (κ3) is 4.74. The molecule has 1 saturated heterocycles. The number of hydrazone groups is 1. The Hall–Kier alpha value is -2.86. The fourth-order valence-electron chi connectivity index (χ4n) is 3.40. The van der Waals surface area contributed by atoms with Crippen LogP contribution in [-0.4, -0.2) is 28.8 Å². The number of nitrogens with one attached hydrogen (secondary N) is 2. The van der Waals surface area contributed by atoms with Crippen molar-refractivity contribution in [3.63, 3.8) is 0 Å². The molecule has 4 rings (SSSR count). The molecule has 0 aliphatic carbocycles. The molecule has 0 saturated carbocycles. The number of carbonyl (C=O) groups excluding carboxylic acids is 2. The second-order valence-corrected chi connectivity index (χ2v) is 8.27. The molecule has 1 fully saturated rings. The normalized spacial score (nSPS) is 19.3.